The van der Waals surface area contributed by atoms with Crippen LogP contribution in [0.25, 0.3) is 0 Å². The molecule has 0 spiro atoms. The fraction of sp³-hybridized carbons (Fsp3) is 0.538. The third-order valence-electron chi connectivity index (χ3n) is 3.02. The average molecular weight is 221 g/mol. The highest BCUT2D eigenvalue weighted by molar-refractivity contribution is 5.44. The largest absolute Gasteiger partial charge is 0.490 e. The molecule has 2 N–H and O–H groups in total. The molecule has 1 aromatic rings. The maximum Gasteiger partial charge on any atom is 0.161 e. The maximum atomic E-state index is 5.75. The Hall–Kier alpha value is -1.22. The highest BCUT2D eigenvalue weighted by Crippen LogP contribution is 2.33. The average Bonchev–Trinajstić information content (AvgIpc) is 2.55. The second-order valence-electron chi connectivity index (χ2n) is 4.10. The Morgan fingerprint density at radius 1 is 1.25 bits per heavy atom. The predicted octanol–water partition coefficient (Wildman–Crippen LogP) is 2.30. The summed E-state index contributed by atoms with van der Waals surface area (Å²) in [5, 5.41) is 0. The lowest BCUT2D eigenvalue weighted by atomic mass is 9.96. The second-order valence-corrected chi connectivity index (χ2v) is 4.10. The Balaban J connectivity index is 2.26. The zero-order chi connectivity index (χ0) is 11.4. The Morgan fingerprint density at radius 3 is 2.69 bits per heavy atom. The van der Waals surface area contributed by atoms with Crippen LogP contribution in [-0.2, 0) is 0 Å². The second kappa shape index (κ2) is 5.21. The zero-order valence-corrected chi connectivity index (χ0v) is 9.74. The summed E-state index contributed by atoms with van der Waals surface area (Å²) in [5.74, 6) is 2.13. The van der Waals surface area contributed by atoms with Gasteiger partial charge in [-0.3, -0.25) is 0 Å². The van der Waals surface area contributed by atoms with Gasteiger partial charge in [-0.25, -0.2) is 0 Å². The summed E-state index contributed by atoms with van der Waals surface area (Å²) in [6.45, 7) is 4.30. The molecule has 88 valence electrons. The van der Waals surface area contributed by atoms with Gasteiger partial charge in [-0.05, 0) is 36.6 Å². The normalized spacial score (nSPS) is 16.6. The van der Waals surface area contributed by atoms with E-state index in [-0.39, 0.29) is 0 Å². The van der Waals surface area contributed by atoms with E-state index in [9.17, 15) is 0 Å². The van der Waals surface area contributed by atoms with E-state index in [0.717, 1.165) is 37.6 Å². The molecule has 0 radical (unpaired) electrons. The van der Waals surface area contributed by atoms with Crippen LogP contribution in [0.5, 0.6) is 11.5 Å². The highest BCUT2D eigenvalue weighted by atomic mass is 16.5. The van der Waals surface area contributed by atoms with E-state index in [2.05, 4.69) is 19.1 Å². The molecule has 1 aliphatic rings. The van der Waals surface area contributed by atoms with Crippen LogP contribution >= 0.6 is 0 Å². The first-order valence-corrected chi connectivity index (χ1v) is 5.94. The van der Waals surface area contributed by atoms with Crippen LogP contribution in [0.2, 0.25) is 0 Å². The molecule has 0 aromatic heterocycles. The number of hydrogen-bond acceptors (Lipinski definition) is 3. The first-order valence-electron chi connectivity index (χ1n) is 5.94. The van der Waals surface area contributed by atoms with Crippen LogP contribution in [0, 0.1) is 0 Å². The van der Waals surface area contributed by atoms with Crippen molar-refractivity contribution < 1.29 is 9.47 Å². The molecule has 0 fully saturated rings. The molecule has 16 heavy (non-hydrogen) atoms. The molecule has 0 saturated carbocycles. The van der Waals surface area contributed by atoms with Gasteiger partial charge in [-0.15, -0.1) is 0 Å². The van der Waals surface area contributed by atoms with E-state index in [1.807, 2.05) is 6.07 Å². The molecular weight excluding hydrogens is 202 g/mol. The monoisotopic (exact) mass is 221 g/mol. The molecule has 0 aliphatic carbocycles. The van der Waals surface area contributed by atoms with Crippen molar-refractivity contribution in [2.75, 3.05) is 19.8 Å². The van der Waals surface area contributed by atoms with Gasteiger partial charge in [0.15, 0.2) is 11.5 Å². The van der Waals surface area contributed by atoms with Gasteiger partial charge in [0.25, 0.3) is 0 Å². The Labute approximate surface area is 96.5 Å². The SMILES string of the molecule is CCC(CN)c1ccc2c(c1)OCCCO2. The van der Waals surface area contributed by atoms with Crippen LogP contribution < -0.4 is 15.2 Å². The standard InChI is InChI=1S/C13H19NO2/c1-2-10(9-14)11-4-5-12-13(8-11)16-7-3-6-15-12/h4-5,8,10H,2-3,6-7,9,14H2,1H3. The Bertz CT molecular complexity index is 348. The number of fused-ring (bicyclic) bond motifs is 1. The zero-order valence-electron chi connectivity index (χ0n) is 9.74. The third-order valence-corrected chi connectivity index (χ3v) is 3.02. The first-order chi connectivity index (χ1) is 7.85. The van der Waals surface area contributed by atoms with Gasteiger partial charge >= 0.3 is 0 Å². The topological polar surface area (TPSA) is 44.5 Å². The van der Waals surface area contributed by atoms with Crippen LogP contribution in [0.1, 0.15) is 31.2 Å². The minimum absolute atomic E-state index is 0.414. The molecule has 0 bridgehead atoms. The van der Waals surface area contributed by atoms with Crippen LogP contribution in [0.3, 0.4) is 0 Å². The van der Waals surface area contributed by atoms with Crippen molar-refractivity contribution >= 4 is 0 Å². The van der Waals surface area contributed by atoms with E-state index in [1.54, 1.807) is 0 Å². The van der Waals surface area contributed by atoms with E-state index in [4.69, 9.17) is 15.2 Å². The lowest BCUT2D eigenvalue weighted by Gasteiger charge is -2.15. The molecule has 1 atom stereocenters. The Morgan fingerprint density at radius 2 is 2.00 bits per heavy atom. The summed E-state index contributed by atoms with van der Waals surface area (Å²) in [7, 11) is 0. The van der Waals surface area contributed by atoms with Crippen molar-refractivity contribution in [2.45, 2.75) is 25.7 Å². The van der Waals surface area contributed by atoms with Crippen molar-refractivity contribution in [3.05, 3.63) is 23.8 Å². The third kappa shape index (κ3) is 2.30. The van der Waals surface area contributed by atoms with Gasteiger partial charge in [0.1, 0.15) is 0 Å². The van der Waals surface area contributed by atoms with Gasteiger partial charge in [-0.1, -0.05) is 13.0 Å². The summed E-state index contributed by atoms with van der Waals surface area (Å²) in [6, 6.07) is 6.16. The highest BCUT2D eigenvalue weighted by Gasteiger charge is 2.14. The van der Waals surface area contributed by atoms with Crippen molar-refractivity contribution in [2.24, 2.45) is 5.73 Å². The first kappa shape index (κ1) is 11.3. The molecule has 3 heteroatoms. The summed E-state index contributed by atoms with van der Waals surface area (Å²) >= 11 is 0. The molecule has 3 nitrogen and oxygen atoms in total. The fourth-order valence-corrected chi connectivity index (χ4v) is 1.97. The minimum atomic E-state index is 0.414. The summed E-state index contributed by atoms with van der Waals surface area (Å²) in [4.78, 5) is 0. The quantitative estimate of drug-likeness (QED) is 0.851. The molecule has 1 heterocycles. The van der Waals surface area contributed by atoms with Crippen LogP contribution in [0.15, 0.2) is 18.2 Å². The van der Waals surface area contributed by atoms with Crippen LogP contribution in [0.4, 0.5) is 0 Å². The molecule has 0 saturated heterocycles. The summed E-state index contributed by atoms with van der Waals surface area (Å²) in [6.07, 6.45) is 1.99. The maximum absolute atomic E-state index is 5.75. The summed E-state index contributed by atoms with van der Waals surface area (Å²) in [5.41, 5.74) is 6.99. The van der Waals surface area contributed by atoms with Crippen molar-refractivity contribution in [1.29, 1.82) is 0 Å². The smallest absolute Gasteiger partial charge is 0.161 e. The van der Waals surface area contributed by atoms with E-state index < -0.39 is 0 Å². The van der Waals surface area contributed by atoms with E-state index >= 15 is 0 Å². The lowest BCUT2D eigenvalue weighted by Crippen LogP contribution is -2.11. The number of rotatable bonds is 3. The fourth-order valence-electron chi connectivity index (χ4n) is 1.97. The summed E-state index contributed by atoms with van der Waals surface area (Å²) < 4.78 is 11.3. The molecule has 1 aromatic carbocycles. The van der Waals surface area contributed by atoms with Gasteiger partial charge in [0.2, 0.25) is 0 Å². The van der Waals surface area contributed by atoms with Crippen molar-refractivity contribution in [3.8, 4) is 11.5 Å². The van der Waals surface area contributed by atoms with Crippen molar-refractivity contribution in [1.82, 2.24) is 0 Å². The van der Waals surface area contributed by atoms with Crippen LogP contribution in [-0.4, -0.2) is 19.8 Å². The molecular formula is C13H19NO2. The van der Waals surface area contributed by atoms with Gasteiger partial charge in [0, 0.05) is 6.42 Å². The minimum Gasteiger partial charge on any atom is -0.490 e. The van der Waals surface area contributed by atoms with E-state index in [1.165, 1.54) is 5.56 Å². The molecule has 2 rings (SSSR count). The predicted molar refractivity (Wildman–Crippen MR) is 64.1 cm³/mol. The Kier molecular flexibility index (Phi) is 3.67. The van der Waals surface area contributed by atoms with Crippen molar-refractivity contribution in [3.63, 3.8) is 0 Å². The van der Waals surface area contributed by atoms with Gasteiger partial charge < -0.3 is 15.2 Å². The number of hydrogen-bond donors (Lipinski definition) is 1. The van der Waals surface area contributed by atoms with Gasteiger partial charge in [0.05, 0.1) is 13.2 Å². The number of ether oxygens (including phenoxy) is 2. The molecule has 1 unspecified atom stereocenters. The van der Waals surface area contributed by atoms with E-state index in [0.29, 0.717) is 12.5 Å². The lowest BCUT2D eigenvalue weighted by molar-refractivity contribution is 0.297. The molecule has 0 amide bonds. The molecule has 1 aliphatic heterocycles. The van der Waals surface area contributed by atoms with Gasteiger partial charge in [-0.2, -0.15) is 0 Å². The number of benzene rings is 1. The number of nitrogens with two attached hydrogens (primary N) is 1.